The van der Waals surface area contributed by atoms with Crippen LogP contribution in [0.1, 0.15) is 41.9 Å². The minimum atomic E-state index is -0.0583. The van der Waals surface area contributed by atoms with Gasteiger partial charge in [0.2, 0.25) is 0 Å². The van der Waals surface area contributed by atoms with Crippen LogP contribution < -0.4 is 5.32 Å². The fourth-order valence-corrected chi connectivity index (χ4v) is 3.68. The molecule has 132 valence electrons. The Morgan fingerprint density at radius 2 is 1.81 bits per heavy atom. The highest BCUT2D eigenvalue weighted by atomic mass is 16.1. The van der Waals surface area contributed by atoms with E-state index < -0.39 is 0 Å². The molecule has 1 N–H and O–H groups in total. The van der Waals surface area contributed by atoms with Gasteiger partial charge in [0.15, 0.2) is 11.6 Å². The van der Waals surface area contributed by atoms with Crippen LogP contribution >= 0.6 is 0 Å². The van der Waals surface area contributed by atoms with E-state index in [0.29, 0.717) is 12.2 Å². The number of nitrogens with zero attached hydrogens (tertiary/aromatic N) is 2. The third-order valence-electron chi connectivity index (χ3n) is 4.83. The molecule has 0 unspecified atom stereocenters. The number of hydrogen-bond acceptors (Lipinski definition) is 3. The Hall–Kier alpha value is -2.88. The summed E-state index contributed by atoms with van der Waals surface area (Å²) < 4.78 is 1.92. The molecule has 0 fully saturated rings. The van der Waals surface area contributed by atoms with Gasteiger partial charge in [-0.2, -0.15) is 0 Å². The minimum absolute atomic E-state index is 0.0583. The maximum absolute atomic E-state index is 12.9. The van der Waals surface area contributed by atoms with Gasteiger partial charge in [0.1, 0.15) is 0 Å². The summed E-state index contributed by atoms with van der Waals surface area (Å²) in [6, 6.07) is 18.1. The lowest BCUT2D eigenvalue weighted by Gasteiger charge is -2.29. The summed E-state index contributed by atoms with van der Waals surface area (Å²) in [6.07, 6.45) is 1.37. The number of ketones is 1. The van der Waals surface area contributed by atoms with E-state index in [9.17, 15) is 4.79 Å². The highest BCUT2D eigenvalue weighted by Gasteiger charge is 2.36. The van der Waals surface area contributed by atoms with Gasteiger partial charge >= 0.3 is 0 Å². The maximum atomic E-state index is 12.9. The zero-order chi connectivity index (χ0) is 18.3. The highest BCUT2D eigenvalue weighted by molar-refractivity contribution is 6.03. The zero-order valence-corrected chi connectivity index (χ0v) is 15.4. The number of aryl methyl sites for hydroxylation is 1. The Morgan fingerprint density at radius 3 is 2.54 bits per heavy atom. The summed E-state index contributed by atoms with van der Waals surface area (Å²) in [4.78, 5) is 12.9. The minimum Gasteiger partial charge on any atom is -0.338 e. The second-order valence-electron chi connectivity index (χ2n) is 7.85. The number of benzene rings is 2. The van der Waals surface area contributed by atoms with Crippen molar-refractivity contribution < 1.29 is 4.79 Å². The molecule has 4 heteroatoms. The molecule has 1 heterocycles. The maximum Gasteiger partial charge on any atom is 0.169 e. The molecule has 1 aromatic heterocycles. The Kier molecular flexibility index (Phi) is 3.91. The third kappa shape index (κ3) is 3.03. The molecule has 0 aliphatic heterocycles. The Bertz CT molecular complexity index is 970. The van der Waals surface area contributed by atoms with Gasteiger partial charge in [-0.3, -0.25) is 4.79 Å². The molecule has 2 aromatic carbocycles. The quantitative estimate of drug-likeness (QED) is 0.720. The number of anilines is 2. The van der Waals surface area contributed by atoms with Crippen LogP contribution in [-0.2, 0) is 6.42 Å². The number of carbonyl (C=O) groups is 1. The van der Waals surface area contributed by atoms with Gasteiger partial charge in [-0.05, 0) is 48.6 Å². The van der Waals surface area contributed by atoms with Crippen LogP contribution in [0, 0.1) is 12.3 Å². The number of rotatable bonds is 3. The van der Waals surface area contributed by atoms with Crippen LogP contribution in [0.2, 0.25) is 0 Å². The Labute approximate surface area is 153 Å². The molecule has 26 heavy (non-hydrogen) atoms. The van der Waals surface area contributed by atoms with E-state index >= 15 is 0 Å². The molecular weight excluding hydrogens is 322 g/mol. The molecular formula is C22H23N3O. The Morgan fingerprint density at radius 1 is 1.04 bits per heavy atom. The third-order valence-corrected chi connectivity index (χ3v) is 4.83. The van der Waals surface area contributed by atoms with Crippen molar-refractivity contribution in [2.24, 2.45) is 5.41 Å². The van der Waals surface area contributed by atoms with Gasteiger partial charge in [0.25, 0.3) is 0 Å². The molecule has 0 saturated heterocycles. The molecule has 0 amide bonds. The van der Waals surface area contributed by atoms with Gasteiger partial charge in [0.05, 0.1) is 16.9 Å². The average Bonchev–Trinajstić information content (AvgIpc) is 2.93. The van der Waals surface area contributed by atoms with Crippen molar-refractivity contribution in [2.75, 3.05) is 5.32 Å². The lowest BCUT2D eigenvalue weighted by atomic mass is 9.76. The first-order valence-electron chi connectivity index (χ1n) is 8.97. The van der Waals surface area contributed by atoms with E-state index in [1.54, 1.807) is 0 Å². The van der Waals surface area contributed by atoms with Crippen LogP contribution in [0.5, 0.6) is 0 Å². The van der Waals surface area contributed by atoms with Crippen molar-refractivity contribution in [2.45, 2.75) is 33.6 Å². The van der Waals surface area contributed by atoms with Crippen molar-refractivity contribution >= 4 is 17.3 Å². The second kappa shape index (κ2) is 6.13. The van der Waals surface area contributed by atoms with E-state index in [1.165, 1.54) is 5.56 Å². The van der Waals surface area contributed by atoms with E-state index in [4.69, 9.17) is 5.10 Å². The van der Waals surface area contributed by atoms with Crippen molar-refractivity contribution in [1.82, 2.24) is 9.78 Å². The molecule has 1 aliphatic carbocycles. The van der Waals surface area contributed by atoms with Crippen molar-refractivity contribution in [1.29, 1.82) is 0 Å². The first-order chi connectivity index (χ1) is 12.4. The topological polar surface area (TPSA) is 46.9 Å². The summed E-state index contributed by atoms with van der Waals surface area (Å²) in [6.45, 7) is 6.34. The van der Waals surface area contributed by atoms with E-state index in [1.807, 2.05) is 47.1 Å². The lowest BCUT2D eigenvalue weighted by molar-refractivity contribution is 0.0912. The van der Waals surface area contributed by atoms with Crippen molar-refractivity contribution in [3.63, 3.8) is 0 Å². The first kappa shape index (κ1) is 16.6. The smallest absolute Gasteiger partial charge is 0.169 e. The summed E-state index contributed by atoms with van der Waals surface area (Å²) in [5.41, 5.74) is 4.76. The lowest BCUT2D eigenvalue weighted by Crippen LogP contribution is -2.28. The first-order valence-corrected chi connectivity index (χ1v) is 8.97. The highest BCUT2D eigenvalue weighted by Crippen LogP contribution is 2.39. The van der Waals surface area contributed by atoms with E-state index in [-0.39, 0.29) is 11.2 Å². The molecule has 3 aromatic rings. The largest absolute Gasteiger partial charge is 0.338 e. The van der Waals surface area contributed by atoms with Crippen LogP contribution in [0.15, 0.2) is 54.6 Å². The van der Waals surface area contributed by atoms with Crippen LogP contribution in [0.3, 0.4) is 0 Å². The molecule has 4 nitrogen and oxygen atoms in total. The summed E-state index contributed by atoms with van der Waals surface area (Å²) in [5, 5.41) is 8.16. The van der Waals surface area contributed by atoms with Crippen LogP contribution in [-0.4, -0.2) is 15.6 Å². The number of aromatic nitrogens is 2. The zero-order valence-electron chi connectivity index (χ0n) is 15.4. The standard InChI is InChI=1S/C22H23N3O/c1-15-8-7-9-16(12-15)23-21-20-18(13-22(2,3)14-19(20)26)25(24-21)17-10-5-4-6-11-17/h4-12H,13-14H2,1-3H3,(H,23,24). The number of fused-ring (bicyclic) bond motifs is 1. The number of carbonyl (C=O) groups excluding carboxylic acids is 1. The molecule has 0 radical (unpaired) electrons. The van der Waals surface area contributed by atoms with E-state index in [2.05, 4.69) is 38.2 Å². The number of Topliss-reactive ketones (excluding diaryl/α,β-unsaturated/α-hetero) is 1. The number of para-hydroxylation sites is 1. The fraction of sp³-hybridized carbons (Fsp3) is 0.273. The second-order valence-corrected chi connectivity index (χ2v) is 7.85. The number of hydrogen-bond donors (Lipinski definition) is 1. The van der Waals surface area contributed by atoms with Crippen molar-refractivity contribution in [3.8, 4) is 5.69 Å². The van der Waals surface area contributed by atoms with Crippen molar-refractivity contribution in [3.05, 3.63) is 71.4 Å². The summed E-state index contributed by atoms with van der Waals surface area (Å²) in [7, 11) is 0. The van der Waals surface area contributed by atoms with Crippen LogP contribution in [0.25, 0.3) is 5.69 Å². The summed E-state index contributed by atoms with van der Waals surface area (Å²) >= 11 is 0. The number of nitrogens with one attached hydrogen (secondary N) is 1. The molecule has 4 rings (SSSR count). The summed E-state index contributed by atoms with van der Waals surface area (Å²) in [5.74, 6) is 0.809. The predicted molar refractivity (Wildman–Crippen MR) is 104 cm³/mol. The molecule has 0 atom stereocenters. The predicted octanol–water partition coefficient (Wildman–Crippen LogP) is 5.08. The van der Waals surface area contributed by atoms with Gasteiger partial charge in [-0.1, -0.05) is 44.2 Å². The van der Waals surface area contributed by atoms with Gasteiger partial charge < -0.3 is 5.32 Å². The fourth-order valence-electron chi connectivity index (χ4n) is 3.68. The Balaban J connectivity index is 1.85. The van der Waals surface area contributed by atoms with Gasteiger partial charge in [-0.15, -0.1) is 5.10 Å². The molecule has 0 spiro atoms. The van der Waals surface area contributed by atoms with Crippen LogP contribution in [0.4, 0.5) is 11.5 Å². The molecule has 0 bridgehead atoms. The van der Waals surface area contributed by atoms with E-state index in [0.717, 1.165) is 29.1 Å². The normalized spacial score (nSPS) is 15.6. The van der Waals surface area contributed by atoms with Gasteiger partial charge in [-0.25, -0.2) is 4.68 Å². The van der Waals surface area contributed by atoms with Gasteiger partial charge in [0, 0.05) is 12.1 Å². The monoisotopic (exact) mass is 345 g/mol. The molecule has 1 aliphatic rings. The molecule has 0 saturated carbocycles. The average molecular weight is 345 g/mol. The SMILES string of the molecule is Cc1cccc(Nc2nn(-c3ccccc3)c3c2C(=O)CC(C)(C)C3)c1.